The van der Waals surface area contributed by atoms with Gasteiger partial charge in [-0.1, -0.05) is 43.3 Å². The third kappa shape index (κ3) is 5.30. The third-order valence-corrected chi connectivity index (χ3v) is 5.19. The average molecular weight is 425 g/mol. The van der Waals surface area contributed by atoms with Gasteiger partial charge in [0, 0.05) is 17.0 Å². The lowest BCUT2D eigenvalue weighted by atomic mass is 9.81. The molecule has 3 aromatic rings. The highest BCUT2D eigenvalue weighted by molar-refractivity contribution is 5.93. The molecule has 2 atom stereocenters. The number of H-pyrrole nitrogens is 1. The summed E-state index contributed by atoms with van der Waals surface area (Å²) in [5.74, 6) is -2.80. The smallest absolute Gasteiger partial charge is 0.307 e. The van der Waals surface area contributed by atoms with E-state index in [1.54, 1.807) is 36.4 Å². The van der Waals surface area contributed by atoms with Gasteiger partial charge in [-0.25, -0.2) is 4.39 Å². The van der Waals surface area contributed by atoms with Crippen LogP contribution in [0.1, 0.15) is 47.9 Å². The van der Waals surface area contributed by atoms with Crippen LogP contribution in [-0.2, 0) is 11.2 Å². The summed E-state index contributed by atoms with van der Waals surface area (Å²) in [6.45, 7) is 3.89. The highest BCUT2D eigenvalue weighted by Crippen LogP contribution is 2.32. The number of nitrogens with zero attached hydrogens (tertiary/aromatic N) is 3. The molecule has 0 aliphatic rings. The fourth-order valence-electron chi connectivity index (χ4n) is 3.67. The van der Waals surface area contributed by atoms with E-state index in [1.807, 2.05) is 13.8 Å². The quantitative estimate of drug-likeness (QED) is 0.482. The number of hydrogen-bond acceptors (Lipinski definition) is 5. The number of aromatic amines is 1. The lowest BCUT2D eigenvalue weighted by Crippen LogP contribution is -2.26. The average Bonchev–Trinajstić information content (AvgIpc) is 3.25. The van der Waals surface area contributed by atoms with Crippen LogP contribution in [-0.4, -0.2) is 37.6 Å². The number of amides is 1. The van der Waals surface area contributed by atoms with Crippen LogP contribution in [0.15, 0.2) is 42.5 Å². The molecule has 2 unspecified atom stereocenters. The summed E-state index contributed by atoms with van der Waals surface area (Å²) in [5.41, 5.74) is 7.18. The van der Waals surface area contributed by atoms with Crippen molar-refractivity contribution in [2.45, 2.75) is 32.6 Å². The first-order valence-corrected chi connectivity index (χ1v) is 9.91. The van der Waals surface area contributed by atoms with Gasteiger partial charge in [0.1, 0.15) is 5.82 Å². The second-order valence-electron chi connectivity index (χ2n) is 7.91. The second kappa shape index (κ2) is 9.46. The number of hydrogen-bond donors (Lipinski definition) is 3. The lowest BCUT2D eigenvalue weighted by Gasteiger charge is -2.23. The molecule has 0 aliphatic carbocycles. The van der Waals surface area contributed by atoms with E-state index in [1.165, 1.54) is 6.07 Å². The van der Waals surface area contributed by atoms with Crippen molar-refractivity contribution >= 4 is 11.9 Å². The summed E-state index contributed by atoms with van der Waals surface area (Å²) in [6, 6.07) is 11.1. The highest BCUT2D eigenvalue weighted by Gasteiger charge is 2.33. The molecule has 162 valence electrons. The number of benzene rings is 2. The van der Waals surface area contributed by atoms with Crippen LogP contribution in [0.25, 0.3) is 11.1 Å². The highest BCUT2D eigenvalue weighted by atomic mass is 19.1. The van der Waals surface area contributed by atoms with Gasteiger partial charge < -0.3 is 10.8 Å². The number of tetrazole rings is 1. The zero-order valence-corrected chi connectivity index (χ0v) is 17.2. The van der Waals surface area contributed by atoms with Crippen LogP contribution in [0.4, 0.5) is 4.39 Å². The number of carboxylic acid groups (broad SMARTS) is 1. The second-order valence-corrected chi connectivity index (χ2v) is 7.91. The van der Waals surface area contributed by atoms with Crippen molar-refractivity contribution in [3.05, 3.63) is 65.2 Å². The predicted molar refractivity (Wildman–Crippen MR) is 112 cm³/mol. The van der Waals surface area contributed by atoms with Crippen molar-refractivity contribution in [3.8, 4) is 11.1 Å². The van der Waals surface area contributed by atoms with E-state index in [4.69, 9.17) is 5.73 Å². The topological polar surface area (TPSA) is 135 Å². The molecule has 0 radical (unpaired) electrons. The molecule has 8 nitrogen and oxygen atoms in total. The molecule has 0 saturated heterocycles. The minimum atomic E-state index is -0.949. The number of aliphatic carboxylic acids is 1. The van der Waals surface area contributed by atoms with Crippen LogP contribution in [0.3, 0.4) is 0 Å². The summed E-state index contributed by atoms with van der Waals surface area (Å²) in [7, 11) is 0. The molecular formula is C22H24FN5O3. The molecule has 2 aromatic carbocycles. The van der Waals surface area contributed by atoms with E-state index in [0.717, 1.165) is 0 Å². The van der Waals surface area contributed by atoms with Gasteiger partial charge in [0.05, 0.1) is 5.92 Å². The minimum absolute atomic E-state index is 0.151. The maximum Gasteiger partial charge on any atom is 0.307 e. The van der Waals surface area contributed by atoms with E-state index < -0.39 is 29.5 Å². The van der Waals surface area contributed by atoms with Crippen LogP contribution in [0.5, 0.6) is 0 Å². The van der Waals surface area contributed by atoms with E-state index in [0.29, 0.717) is 34.5 Å². The molecule has 0 saturated carbocycles. The summed E-state index contributed by atoms with van der Waals surface area (Å²) in [6.07, 6.45) is 0.683. The molecule has 9 heteroatoms. The van der Waals surface area contributed by atoms with Gasteiger partial charge in [-0.3, -0.25) is 9.59 Å². The van der Waals surface area contributed by atoms with Gasteiger partial charge in [-0.15, -0.1) is 10.2 Å². The Hall–Kier alpha value is -3.62. The van der Waals surface area contributed by atoms with E-state index >= 15 is 0 Å². The molecule has 31 heavy (non-hydrogen) atoms. The molecule has 0 spiro atoms. The summed E-state index contributed by atoms with van der Waals surface area (Å²) < 4.78 is 14.9. The van der Waals surface area contributed by atoms with Gasteiger partial charge in [0.15, 0.2) is 5.82 Å². The van der Waals surface area contributed by atoms with Crippen LogP contribution >= 0.6 is 0 Å². The molecule has 0 aliphatic heterocycles. The van der Waals surface area contributed by atoms with Gasteiger partial charge in [-0.05, 0) is 48.1 Å². The molecular weight excluding hydrogens is 401 g/mol. The SMILES string of the molecule is CC(C)CC(C(=O)O)C(Cc1ccc(-c2ccc(C(N)=O)cc2)c(F)c1)c1nn[nH]n1. The zero-order valence-electron chi connectivity index (χ0n) is 17.2. The number of primary amides is 1. The molecule has 0 bridgehead atoms. The number of halogens is 1. The number of rotatable bonds is 9. The van der Waals surface area contributed by atoms with Crippen molar-refractivity contribution < 1.29 is 19.1 Å². The number of carbonyl (C=O) groups excluding carboxylic acids is 1. The third-order valence-electron chi connectivity index (χ3n) is 5.19. The van der Waals surface area contributed by atoms with E-state index in [2.05, 4.69) is 20.6 Å². The first-order chi connectivity index (χ1) is 14.8. The normalized spacial score (nSPS) is 13.2. The van der Waals surface area contributed by atoms with Crippen molar-refractivity contribution in [1.82, 2.24) is 20.6 Å². The molecule has 4 N–H and O–H groups in total. The molecule has 1 heterocycles. The maximum absolute atomic E-state index is 14.9. The first-order valence-electron chi connectivity index (χ1n) is 9.91. The predicted octanol–water partition coefficient (Wildman–Crippen LogP) is 3.18. The lowest BCUT2D eigenvalue weighted by molar-refractivity contribution is -0.143. The Labute approximate surface area is 178 Å². The van der Waals surface area contributed by atoms with Gasteiger partial charge in [0.25, 0.3) is 0 Å². The van der Waals surface area contributed by atoms with E-state index in [9.17, 15) is 19.1 Å². The molecule has 1 amide bonds. The van der Waals surface area contributed by atoms with Crippen LogP contribution in [0, 0.1) is 17.7 Å². The molecule has 3 rings (SSSR count). The standard InChI is InChI=1S/C22H24FN5O3/c1-12(2)9-18(22(30)31)17(21-25-27-28-26-21)10-13-3-8-16(19(23)11-13)14-4-6-15(7-5-14)20(24)29/h3-8,11-12,17-18H,9-10H2,1-2H3,(H2,24,29)(H,30,31)(H,25,26,27,28). The maximum atomic E-state index is 14.9. The van der Waals surface area contributed by atoms with Gasteiger partial charge in [-0.2, -0.15) is 5.21 Å². The van der Waals surface area contributed by atoms with Crippen LogP contribution in [0.2, 0.25) is 0 Å². The Kier molecular flexibility index (Phi) is 6.74. The molecule has 0 fully saturated rings. The Morgan fingerprint density at radius 3 is 2.39 bits per heavy atom. The van der Waals surface area contributed by atoms with Crippen molar-refractivity contribution in [2.24, 2.45) is 17.6 Å². The fourth-order valence-corrected chi connectivity index (χ4v) is 3.67. The van der Waals surface area contributed by atoms with Crippen molar-refractivity contribution in [1.29, 1.82) is 0 Å². The first kappa shape index (κ1) is 22.1. The number of nitrogens with two attached hydrogens (primary N) is 1. The Morgan fingerprint density at radius 1 is 1.16 bits per heavy atom. The van der Waals surface area contributed by atoms with Gasteiger partial charge >= 0.3 is 5.97 Å². The van der Waals surface area contributed by atoms with Crippen molar-refractivity contribution in [3.63, 3.8) is 0 Å². The van der Waals surface area contributed by atoms with E-state index in [-0.39, 0.29) is 12.3 Å². The van der Waals surface area contributed by atoms with Crippen LogP contribution < -0.4 is 5.73 Å². The number of nitrogens with one attached hydrogen (secondary N) is 1. The number of carbonyl (C=O) groups is 2. The summed E-state index contributed by atoms with van der Waals surface area (Å²) in [5, 5.41) is 23.7. The summed E-state index contributed by atoms with van der Waals surface area (Å²) in [4.78, 5) is 23.2. The number of carboxylic acids is 1. The monoisotopic (exact) mass is 425 g/mol. The van der Waals surface area contributed by atoms with Crippen molar-refractivity contribution in [2.75, 3.05) is 0 Å². The Morgan fingerprint density at radius 2 is 1.87 bits per heavy atom. The minimum Gasteiger partial charge on any atom is -0.481 e. The summed E-state index contributed by atoms with van der Waals surface area (Å²) >= 11 is 0. The fraction of sp³-hybridized carbons (Fsp3) is 0.318. The Bertz CT molecular complexity index is 1050. The zero-order chi connectivity index (χ0) is 22.5. The largest absolute Gasteiger partial charge is 0.481 e. The number of aromatic nitrogens is 4. The Balaban J connectivity index is 1.89. The molecule has 1 aromatic heterocycles. The van der Waals surface area contributed by atoms with Gasteiger partial charge in [0.2, 0.25) is 5.91 Å².